The van der Waals surface area contributed by atoms with Crippen molar-refractivity contribution in [3.8, 4) is 17.2 Å². The summed E-state index contributed by atoms with van der Waals surface area (Å²) in [6, 6.07) is 13.8. The molecule has 0 saturated carbocycles. The maximum Gasteiger partial charge on any atom is 0.254 e. The Kier molecular flexibility index (Phi) is 7.58. The van der Waals surface area contributed by atoms with Gasteiger partial charge in [0.1, 0.15) is 12.4 Å². The van der Waals surface area contributed by atoms with Gasteiger partial charge in [-0.15, -0.1) is 0 Å². The molecule has 1 N–H and O–H groups in total. The number of likely N-dealkylation sites (N-methyl/N-ethyl adjacent to an activating group) is 1. The summed E-state index contributed by atoms with van der Waals surface area (Å²) in [5, 5.41) is 3.03. The third-order valence-electron chi connectivity index (χ3n) is 6.92. The van der Waals surface area contributed by atoms with Crippen molar-refractivity contribution >= 4 is 11.8 Å². The topological polar surface area (TPSA) is 83.6 Å². The average molecular weight is 495 g/mol. The molecule has 0 radical (unpaired) electrons. The quantitative estimate of drug-likeness (QED) is 0.571. The van der Waals surface area contributed by atoms with Crippen molar-refractivity contribution in [2.45, 2.75) is 25.4 Å². The minimum atomic E-state index is 0.0290. The van der Waals surface area contributed by atoms with Crippen molar-refractivity contribution in [2.24, 2.45) is 0 Å². The molecule has 9 heteroatoms. The predicted molar refractivity (Wildman–Crippen MR) is 134 cm³/mol. The SMILES string of the molecule is CN(Cc1cccc(OCCN2CCN(C(=O)c3ccc4c(c3)OCO4)CC2)c1)C[C@H]1CCC(=O)N1. The van der Waals surface area contributed by atoms with Gasteiger partial charge in [0.05, 0.1) is 0 Å². The molecule has 0 unspecified atom stereocenters. The third-order valence-corrected chi connectivity index (χ3v) is 6.92. The van der Waals surface area contributed by atoms with Gasteiger partial charge < -0.3 is 29.3 Å². The zero-order valence-corrected chi connectivity index (χ0v) is 20.8. The molecule has 36 heavy (non-hydrogen) atoms. The lowest BCUT2D eigenvalue weighted by molar-refractivity contribution is -0.119. The van der Waals surface area contributed by atoms with Crippen LogP contribution < -0.4 is 19.5 Å². The maximum absolute atomic E-state index is 12.9. The van der Waals surface area contributed by atoms with Gasteiger partial charge in [-0.25, -0.2) is 0 Å². The van der Waals surface area contributed by atoms with E-state index in [9.17, 15) is 9.59 Å². The molecule has 2 amide bonds. The molecule has 3 aliphatic rings. The van der Waals surface area contributed by atoms with E-state index in [1.165, 1.54) is 5.56 Å². The standard InChI is InChI=1S/C27H34N4O5/c1-29(18-22-6-8-26(32)28-22)17-20-3-2-4-23(15-20)34-14-13-30-9-11-31(12-10-30)27(33)21-5-7-24-25(16-21)36-19-35-24/h2-5,7,15-16,22H,6,8-14,17-19H2,1H3,(H,28,32)/t22-/m1/s1. The molecule has 2 fully saturated rings. The lowest BCUT2D eigenvalue weighted by atomic mass is 10.1. The molecule has 1 atom stereocenters. The Balaban J connectivity index is 1.03. The zero-order chi connectivity index (χ0) is 24.9. The second-order valence-electron chi connectivity index (χ2n) is 9.70. The number of carbonyl (C=O) groups is 2. The summed E-state index contributed by atoms with van der Waals surface area (Å²) >= 11 is 0. The highest BCUT2D eigenvalue weighted by Crippen LogP contribution is 2.32. The number of benzene rings is 2. The first-order valence-corrected chi connectivity index (χ1v) is 12.6. The first-order chi connectivity index (χ1) is 17.5. The summed E-state index contributed by atoms with van der Waals surface area (Å²) in [7, 11) is 2.08. The van der Waals surface area contributed by atoms with Gasteiger partial charge in [-0.2, -0.15) is 0 Å². The third kappa shape index (κ3) is 6.09. The van der Waals surface area contributed by atoms with E-state index in [-0.39, 0.29) is 24.6 Å². The normalized spacial score (nSPS) is 19.6. The molecule has 0 bridgehead atoms. The molecule has 9 nitrogen and oxygen atoms in total. The van der Waals surface area contributed by atoms with Crippen molar-refractivity contribution in [1.29, 1.82) is 0 Å². The molecule has 2 aromatic rings. The minimum absolute atomic E-state index is 0.0290. The van der Waals surface area contributed by atoms with Gasteiger partial charge in [0.15, 0.2) is 11.5 Å². The van der Waals surface area contributed by atoms with E-state index in [4.69, 9.17) is 14.2 Å². The second kappa shape index (κ2) is 11.2. The van der Waals surface area contributed by atoms with E-state index >= 15 is 0 Å². The molecule has 2 aromatic carbocycles. The average Bonchev–Trinajstić information content (AvgIpc) is 3.52. The van der Waals surface area contributed by atoms with Crippen LogP contribution in [0.15, 0.2) is 42.5 Å². The van der Waals surface area contributed by atoms with Crippen LogP contribution in [0.4, 0.5) is 0 Å². The number of piperazine rings is 1. The molecule has 0 aromatic heterocycles. The summed E-state index contributed by atoms with van der Waals surface area (Å²) in [6.45, 7) is 6.30. The Morgan fingerprint density at radius 1 is 1.11 bits per heavy atom. The Bertz CT molecular complexity index is 1090. The number of nitrogens with zero attached hydrogens (tertiary/aromatic N) is 3. The van der Waals surface area contributed by atoms with Gasteiger partial charge in [0.2, 0.25) is 12.7 Å². The van der Waals surface area contributed by atoms with E-state index in [1.807, 2.05) is 17.0 Å². The highest BCUT2D eigenvalue weighted by atomic mass is 16.7. The molecular formula is C27H34N4O5. The van der Waals surface area contributed by atoms with Crippen LogP contribution in [0.1, 0.15) is 28.8 Å². The number of fused-ring (bicyclic) bond motifs is 1. The molecule has 192 valence electrons. The molecule has 3 heterocycles. The van der Waals surface area contributed by atoms with Gasteiger partial charge in [-0.3, -0.25) is 14.5 Å². The van der Waals surface area contributed by atoms with E-state index in [0.29, 0.717) is 43.2 Å². The molecule has 3 aliphatic heterocycles. The fourth-order valence-corrected chi connectivity index (χ4v) is 4.98. The first-order valence-electron chi connectivity index (χ1n) is 12.6. The van der Waals surface area contributed by atoms with E-state index < -0.39 is 0 Å². The van der Waals surface area contributed by atoms with Crippen LogP contribution in [0, 0.1) is 0 Å². The van der Waals surface area contributed by atoms with Crippen LogP contribution in [0.3, 0.4) is 0 Å². The monoisotopic (exact) mass is 494 g/mol. The maximum atomic E-state index is 12.9. The van der Waals surface area contributed by atoms with Crippen LogP contribution in [0.5, 0.6) is 17.2 Å². The molecule has 0 aliphatic carbocycles. The summed E-state index contributed by atoms with van der Waals surface area (Å²) in [4.78, 5) is 30.8. The second-order valence-corrected chi connectivity index (χ2v) is 9.70. The number of hydrogen-bond acceptors (Lipinski definition) is 7. The molecule has 5 rings (SSSR count). The van der Waals surface area contributed by atoms with Crippen molar-refractivity contribution in [1.82, 2.24) is 20.0 Å². The van der Waals surface area contributed by atoms with E-state index in [1.54, 1.807) is 18.2 Å². The summed E-state index contributed by atoms with van der Waals surface area (Å²) in [5.41, 5.74) is 1.82. The van der Waals surface area contributed by atoms with Crippen LogP contribution in [-0.2, 0) is 11.3 Å². The zero-order valence-electron chi connectivity index (χ0n) is 20.8. The molecule has 0 spiro atoms. The Morgan fingerprint density at radius 3 is 2.75 bits per heavy atom. The number of nitrogens with one attached hydrogen (secondary N) is 1. The number of carbonyl (C=O) groups excluding carboxylic acids is 2. The van der Waals surface area contributed by atoms with Gasteiger partial charge >= 0.3 is 0 Å². The number of amides is 2. The van der Waals surface area contributed by atoms with Crippen LogP contribution >= 0.6 is 0 Å². The molecule has 2 saturated heterocycles. The lowest BCUT2D eigenvalue weighted by Crippen LogP contribution is -2.49. The van der Waals surface area contributed by atoms with Gasteiger partial charge in [-0.1, -0.05) is 12.1 Å². The summed E-state index contributed by atoms with van der Waals surface area (Å²) in [6.07, 6.45) is 1.54. The summed E-state index contributed by atoms with van der Waals surface area (Å²) < 4.78 is 16.8. The Labute approximate surface area is 211 Å². The van der Waals surface area contributed by atoms with Crippen molar-refractivity contribution in [3.63, 3.8) is 0 Å². The van der Waals surface area contributed by atoms with Crippen molar-refractivity contribution < 1.29 is 23.8 Å². The van der Waals surface area contributed by atoms with Gasteiger partial charge in [-0.05, 0) is 49.4 Å². The summed E-state index contributed by atoms with van der Waals surface area (Å²) in [5.74, 6) is 2.37. The Hall–Kier alpha value is -3.30. The Morgan fingerprint density at radius 2 is 1.94 bits per heavy atom. The lowest BCUT2D eigenvalue weighted by Gasteiger charge is -2.34. The largest absolute Gasteiger partial charge is 0.492 e. The highest BCUT2D eigenvalue weighted by molar-refractivity contribution is 5.95. The van der Waals surface area contributed by atoms with Crippen LogP contribution in [-0.4, -0.2) is 92.3 Å². The number of ether oxygens (including phenoxy) is 3. The van der Waals surface area contributed by atoms with Gasteiger partial charge in [0.25, 0.3) is 5.91 Å². The van der Waals surface area contributed by atoms with Crippen LogP contribution in [0.25, 0.3) is 0 Å². The number of hydrogen-bond donors (Lipinski definition) is 1. The smallest absolute Gasteiger partial charge is 0.254 e. The van der Waals surface area contributed by atoms with Crippen LogP contribution in [0.2, 0.25) is 0 Å². The number of rotatable bonds is 9. The first kappa shape index (κ1) is 24.4. The molecular weight excluding hydrogens is 460 g/mol. The predicted octanol–water partition coefficient (Wildman–Crippen LogP) is 1.96. The van der Waals surface area contributed by atoms with E-state index in [2.05, 4.69) is 34.3 Å². The highest BCUT2D eigenvalue weighted by Gasteiger charge is 2.24. The van der Waals surface area contributed by atoms with Crippen molar-refractivity contribution in [3.05, 3.63) is 53.6 Å². The van der Waals surface area contributed by atoms with E-state index in [0.717, 1.165) is 44.9 Å². The minimum Gasteiger partial charge on any atom is -0.492 e. The van der Waals surface area contributed by atoms with Crippen molar-refractivity contribution in [2.75, 3.05) is 59.7 Å². The van der Waals surface area contributed by atoms with Gasteiger partial charge in [0, 0.05) is 63.8 Å². The fourth-order valence-electron chi connectivity index (χ4n) is 4.98. The fraction of sp³-hybridized carbons (Fsp3) is 0.481.